The number of aryl methyl sites for hydroxylation is 1. The average Bonchev–Trinajstić information content (AvgIpc) is 2.78. The van der Waals surface area contributed by atoms with Crippen LogP contribution in [-0.4, -0.2) is 22.8 Å². The van der Waals surface area contributed by atoms with Crippen LogP contribution >= 0.6 is 11.6 Å². The summed E-state index contributed by atoms with van der Waals surface area (Å²) in [5, 5.41) is 0. The summed E-state index contributed by atoms with van der Waals surface area (Å²) in [5.41, 5.74) is 3.53. The average molecular weight is 279 g/mol. The van der Waals surface area contributed by atoms with E-state index in [0.29, 0.717) is 11.8 Å². The van der Waals surface area contributed by atoms with Crippen LogP contribution in [0.4, 0.5) is 0 Å². The normalized spacial score (nSPS) is 17.2. The van der Waals surface area contributed by atoms with Crippen molar-refractivity contribution in [2.45, 2.75) is 32.2 Å². The van der Waals surface area contributed by atoms with Gasteiger partial charge in [-0.1, -0.05) is 6.07 Å². The number of hydrogen-bond donors (Lipinski definition) is 0. The molecule has 3 rings (SSSR count). The number of rotatable bonds is 3. The van der Waals surface area contributed by atoms with E-state index < -0.39 is 0 Å². The lowest BCUT2D eigenvalue weighted by Gasteiger charge is -2.23. The zero-order chi connectivity index (χ0) is 13.2. The molecule has 0 N–H and O–H groups in total. The second-order valence-corrected chi connectivity index (χ2v) is 5.59. The second-order valence-electron chi connectivity index (χ2n) is 5.32. The van der Waals surface area contributed by atoms with Gasteiger partial charge in [-0.3, -0.25) is 0 Å². The van der Waals surface area contributed by atoms with Gasteiger partial charge in [0.15, 0.2) is 0 Å². The molecule has 1 fully saturated rings. The molecule has 19 heavy (non-hydrogen) atoms. The van der Waals surface area contributed by atoms with E-state index in [4.69, 9.17) is 16.3 Å². The van der Waals surface area contributed by atoms with E-state index in [0.717, 1.165) is 43.9 Å². The van der Waals surface area contributed by atoms with E-state index in [-0.39, 0.29) is 0 Å². The van der Waals surface area contributed by atoms with Crippen molar-refractivity contribution in [1.82, 2.24) is 9.55 Å². The summed E-state index contributed by atoms with van der Waals surface area (Å²) in [7, 11) is 0. The molecule has 102 valence electrons. The summed E-state index contributed by atoms with van der Waals surface area (Å²) in [6, 6.07) is 6.39. The molecule has 1 aliphatic heterocycles. The van der Waals surface area contributed by atoms with Crippen molar-refractivity contribution in [3.05, 3.63) is 29.6 Å². The van der Waals surface area contributed by atoms with Gasteiger partial charge >= 0.3 is 0 Å². The molecular formula is C15H19ClN2O. The van der Waals surface area contributed by atoms with Crippen LogP contribution in [0.3, 0.4) is 0 Å². The summed E-state index contributed by atoms with van der Waals surface area (Å²) in [6.45, 7) is 4.88. The minimum atomic E-state index is 0.469. The van der Waals surface area contributed by atoms with Gasteiger partial charge in [0, 0.05) is 19.8 Å². The molecule has 0 unspecified atom stereocenters. The van der Waals surface area contributed by atoms with Crippen LogP contribution in [0.25, 0.3) is 11.0 Å². The molecule has 3 nitrogen and oxygen atoms in total. The van der Waals surface area contributed by atoms with Gasteiger partial charge in [-0.25, -0.2) is 4.98 Å². The number of ether oxygens (including phenoxy) is 1. The Bertz CT molecular complexity index is 573. The predicted octanol–water partition coefficient (Wildman–Crippen LogP) is 3.51. The molecule has 0 bridgehead atoms. The zero-order valence-electron chi connectivity index (χ0n) is 11.2. The first-order valence-electron chi connectivity index (χ1n) is 6.87. The van der Waals surface area contributed by atoms with Crippen LogP contribution in [0.5, 0.6) is 0 Å². The topological polar surface area (TPSA) is 27.1 Å². The first-order chi connectivity index (χ1) is 9.28. The number of hydrogen-bond acceptors (Lipinski definition) is 2. The Labute approximate surface area is 118 Å². The van der Waals surface area contributed by atoms with E-state index in [2.05, 4.69) is 34.7 Å². The lowest BCUT2D eigenvalue weighted by Crippen LogP contribution is -2.21. The molecule has 1 saturated heterocycles. The molecule has 1 aliphatic rings. The Kier molecular flexibility index (Phi) is 3.76. The Hall–Kier alpha value is -1.06. The molecule has 2 aromatic rings. The van der Waals surface area contributed by atoms with Gasteiger partial charge in [0.25, 0.3) is 0 Å². The van der Waals surface area contributed by atoms with E-state index in [1.165, 1.54) is 11.1 Å². The van der Waals surface area contributed by atoms with Gasteiger partial charge in [0.05, 0.1) is 16.9 Å². The Morgan fingerprint density at radius 2 is 2.16 bits per heavy atom. The third kappa shape index (κ3) is 2.63. The van der Waals surface area contributed by atoms with Crippen molar-refractivity contribution < 1.29 is 4.74 Å². The van der Waals surface area contributed by atoms with E-state index in [1.54, 1.807) is 0 Å². The molecule has 0 amide bonds. The van der Waals surface area contributed by atoms with Gasteiger partial charge in [0.1, 0.15) is 5.82 Å². The Morgan fingerprint density at radius 1 is 1.37 bits per heavy atom. The maximum absolute atomic E-state index is 6.05. The lowest BCUT2D eigenvalue weighted by molar-refractivity contribution is 0.0614. The molecule has 0 spiro atoms. The van der Waals surface area contributed by atoms with Crippen LogP contribution in [0.1, 0.15) is 24.2 Å². The number of halogens is 1. The van der Waals surface area contributed by atoms with Crippen molar-refractivity contribution in [2.75, 3.05) is 13.2 Å². The summed E-state index contributed by atoms with van der Waals surface area (Å²) in [6.07, 6.45) is 2.26. The fourth-order valence-corrected chi connectivity index (χ4v) is 2.98. The quantitative estimate of drug-likeness (QED) is 0.804. The van der Waals surface area contributed by atoms with Gasteiger partial charge < -0.3 is 9.30 Å². The number of alkyl halides is 1. The van der Waals surface area contributed by atoms with Crippen LogP contribution in [0.15, 0.2) is 18.2 Å². The number of imidazole rings is 1. The highest BCUT2D eigenvalue weighted by Gasteiger charge is 2.18. The fraction of sp³-hybridized carbons (Fsp3) is 0.533. The van der Waals surface area contributed by atoms with Gasteiger partial charge in [-0.05, 0) is 43.4 Å². The molecule has 0 atom stereocenters. The lowest BCUT2D eigenvalue weighted by atomic mass is 10.0. The van der Waals surface area contributed by atoms with Crippen LogP contribution in [-0.2, 0) is 17.2 Å². The standard InChI is InChI=1S/C15H19ClN2O/c1-11-2-3-13-14(8-11)18(15(9-16)17-13)10-12-4-6-19-7-5-12/h2-3,8,12H,4-7,9-10H2,1H3. The third-order valence-electron chi connectivity index (χ3n) is 3.88. The molecule has 2 heterocycles. The predicted molar refractivity (Wildman–Crippen MR) is 77.6 cm³/mol. The summed E-state index contributed by atoms with van der Waals surface area (Å²) in [4.78, 5) is 4.64. The molecule has 0 saturated carbocycles. The van der Waals surface area contributed by atoms with Crippen molar-refractivity contribution >= 4 is 22.6 Å². The largest absolute Gasteiger partial charge is 0.381 e. The number of fused-ring (bicyclic) bond motifs is 1. The number of nitrogens with zero attached hydrogens (tertiary/aromatic N) is 2. The highest BCUT2D eigenvalue weighted by molar-refractivity contribution is 6.16. The molecule has 4 heteroatoms. The summed E-state index contributed by atoms with van der Waals surface area (Å²) in [5.74, 6) is 2.12. The third-order valence-corrected chi connectivity index (χ3v) is 4.12. The van der Waals surface area contributed by atoms with Crippen LogP contribution in [0.2, 0.25) is 0 Å². The maximum atomic E-state index is 6.05. The van der Waals surface area contributed by atoms with Crippen molar-refractivity contribution in [2.24, 2.45) is 5.92 Å². The SMILES string of the molecule is Cc1ccc2nc(CCl)n(CC3CCOCC3)c2c1. The minimum absolute atomic E-state index is 0.469. The fourth-order valence-electron chi connectivity index (χ4n) is 2.78. The highest BCUT2D eigenvalue weighted by Crippen LogP contribution is 2.24. The highest BCUT2D eigenvalue weighted by atomic mass is 35.5. The Morgan fingerprint density at radius 3 is 2.89 bits per heavy atom. The monoisotopic (exact) mass is 278 g/mol. The molecule has 0 aliphatic carbocycles. The summed E-state index contributed by atoms with van der Waals surface area (Å²) >= 11 is 6.05. The minimum Gasteiger partial charge on any atom is -0.381 e. The van der Waals surface area contributed by atoms with Crippen molar-refractivity contribution in [1.29, 1.82) is 0 Å². The van der Waals surface area contributed by atoms with E-state index in [9.17, 15) is 0 Å². The number of benzene rings is 1. The molecule has 0 radical (unpaired) electrons. The Balaban J connectivity index is 1.97. The van der Waals surface area contributed by atoms with Crippen molar-refractivity contribution in [3.63, 3.8) is 0 Å². The smallest absolute Gasteiger partial charge is 0.124 e. The first kappa shape index (κ1) is 12.9. The van der Waals surface area contributed by atoms with Gasteiger partial charge in [-0.15, -0.1) is 11.6 Å². The second kappa shape index (κ2) is 5.51. The van der Waals surface area contributed by atoms with Crippen molar-refractivity contribution in [3.8, 4) is 0 Å². The zero-order valence-corrected chi connectivity index (χ0v) is 12.0. The van der Waals surface area contributed by atoms with E-state index in [1.807, 2.05) is 0 Å². The van der Waals surface area contributed by atoms with Gasteiger partial charge in [-0.2, -0.15) is 0 Å². The molecular weight excluding hydrogens is 260 g/mol. The molecule has 1 aromatic carbocycles. The maximum Gasteiger partial charge on any atom is 0.124 e. The number of aromatic nitrogens is 2. The first-order valence-corrected chi connectivity index (χ1v) is 7.41. The van der Waals surface area contributed by atoms with E-state index >= 15 is 0 Å². The van der Waals surface area contributed by atoms with Gasteiger partial charge in [0.2, 0.25) is 0 Å². The molecule has 1 aromatic heterocycles. The van der Waals surface area contributed by atoms with Crippen LogP contribution < -0.4 is 0 Å². The van der Waals surface area contributed by atoms with Crippen LogP contribution in [0, 0.1) is 12.8 Å². The summed E-state index contributed by atoms with van der Waals surface area (Å²) < 4.78 is 7.73.